The van der Waals surface area contributed by atoms with E-state index < -0.39 is 22.3 Å². The van der Waals surface area contributed by atoms with Gasteiger partial charge in [-0.1, -0.05) is 32.9 Å². The molecule has 2 atom stereocenters. The lowest BCUT2D eigenvalue weighted by atomic mass is 9.98. The Morgan fingerprint density at radius 2 is 1.91 bits per heavy atom. The van der Waals surface area contributed by atoms with Gasteiger partial charge < -0.3 is 25.4 Å². The summed E-state index contributed by atoms with van der Waals surface area (Å²) in [6.45, 7) is 9.08. The molecule has 4 N–H and O–H groups in total. The summed E-state index contributed by atoms with van der Waals surface area (Å²) in [6.07, 6.45) is -0.00134. The SMILES string of the molecule is CCc1ccc(NCC(C)C)cc1.O=C1NCC(CN2CCC(O)c3cc(S(=O)(=O)O)ccc32)O1. The van der Waals surface area contributed by atoms with E-state index in [1.165, 1.54) is 23.4 Å². The Hall–Kier alpha value is -2.82. The second-order valence-corrected chi connectivity index (χ2v) is 10.6. The van der Waals surface area contributed by atoms with Gasteiger partial charge >= 0.3 is 6.09 Å². The van der Waals surface area contributed by atoms with Gasteiger partial charge in [0.25, 0.3) is 10.1 Å². The minimum atomic E-state index is -4.32. The summed E-state index contributed by atoms with van der Waals surface area (Å²) in [5, 5.41) is 16.0. The number of alkyl carbamates (subject to hydrolysis) is 1. The Labute approximate surface area is 207 Å². The maximum Gasteiger partial charge on any atom is 0.407 e. The molecule has 1 fully saturated rings. The number of rotatable bonds is 7. The number of benzene rings is 2. The average Bonchev–Trinajstić information content (AvgIpc) is 3.24. The van der Waals surface area contributed by atoms with Gasteiger partial charge in [0.1, 0.15) is 6.10 Å². The fourth-order valence-corrected chi connectivity index (χ4v) is 4.47. The molecule has 0 aliphatic carbocycles. The zero-order chi connectivity index (χ0) is 25.6. The highest BCUT2D eigenvalue weighted by Gasteiger charge is 2.30. The topological polar surface area (TPSA) is 128 Å². The van der Waals surface area contributed by atoms with E-state index in [2.05, 4.69) is 55.7 Å². The van der Waals surface area contributed by atoms with Crippen LogP contribution in [0.4, 0.5) is 16.2 Å². The molecule has 2 aromatic carbocycles. The van der Waals surface area contributed by atoms with Crippen LogP contribution in [0.2, 0.25) is 0 Å². The van der Waals surface area contributed by atoms with E-state index in [1.807, 2.05) is 4.90 Å². The summed E-state index contributed by atoms with van der Waals surface area (Å²) in [7, 11) is -4.32. The number of nitrogens with zero attached hydrogens (tertiary/aromatic N) is 1. The fourth-order valence-electron chi connectivity index (χ4n) is 3.95. The highest BCUT2D eigenvalue weighted by atomic mass is 32.2. The third-order valence-electron chi connectivity index (χ3n) is 5.92. The molecule has 2 aromatic rings. The predicted octanol–water partition coefficient (Wildman–Crippen LogP) is 3.60. The van der Waals surface area contributed by atoms with Crippen molar-refractivity contribution >= 4 is 27.6 Å². The van der Waals surface area contributed by atoms with Crippen molar-refractivity contribution in [3.63, 3.8) is 0 Å². The number of amides is 1. The van der Waals surface area contributed by atoms with Gasteiger partial charge in [-0.05, 0) is 54.7 Å². The first-order chi connectivity index (χ1) is 16.6. The standard InChI is InChI=1S/C13H16N2O6S.C12H19N/c16-12-3-4-15(7-8-6-14-13(17)21-8)11-2-1-9(5-10(11)12)22(18,19)20;1-4-11-5-7-12(8-6-11)13-9-10(2)3/h1-2,5,8,12,16H,3-4,6-7H2,(H,14,17)(H,18,19,20);5-8,10,13H,4,9H2,1-3H3. The van der Waals surface area contributed by atoms with Crippen LogP contribution in [-0.4, -0.2) is 56.5 Å². The normalized spacial score (nSPS) is 19.4. The summed E-state index contributed by atoms with van der Waals surface area (Å²) in [5.74, 6) is 0.700. The average molecular weight is 506 g/mol. The first kappa shape index (κ1) is 26.8. The summed E-state index contributed by atoms with van der Waals surface area (Å²) >= 11 is 0. The third kappa shape index (κ3) is 7.58. The van der Waals surface area contributed by atoms with Crippen LogP contribution in [0.1, 0.15) is 44.4 Å². The van der Waals surface area contributed by atoms with E-state index in [-0.39, 0.29) is 11.0 Å². The second kappa shape index (κ2) is 11.7. The molecule has 0 saturated carbocycles. The minimum Gasteiger partial charge on any atom is -0.442 e. The number of aliphatic hydroxyl groups excluding tert-OH is 1. The number of hydrogen-bond donors (Lipinski definition) is 4. The van der Waals surface area contributed by atoms with Crippen molar-refractivity contribution in [1.29, 1.82) is 0 Å². The van der Waals surface area contributed by atoms with E-state index in [9.17, 15) is 18.3 Å². The molecule has 2 aliphatic rings. The van der Waals surface area contributed by atoms with Crippen LogP contribution in [0.3, 0.4) is 0 Å². The van der Waals surface area contributed by atoms with Crippen LogP contribution in [-0.2, 0) is 21.3 Å². The highest BCUT2D eigenvalue weighted by molar-refractivity contribution is 7.85. The Bertz CT molecular complexity index is 1100. The lowest BCUT2D eigenvalue weighted by Gasteiger charge is -2.35. The molecular weight excluding hydrogens is 470 g/mol. The Morgan fingerprint density at radius 1 is 1.20 bits per heavy atom. The molecule has 0 bridgehead atoms. The van der Waals surface area contributed by atoms with Crippen molar-refractivity contribution in [2.75, 3.05) is 36.4 Å². The maximum absolute atomic E-state index is 11.2. The highest BCUT2D eigenvalue weighted by Crippen LogP contribution is 2.35. The number of aryl methyl sites for hydroxylation is 1. The number of hydrogen-bond acceptors (Lipinski definition) is 7. The van der Waals surface area contributed by atoms with E-state index in [4.69, 9.17) is 9.29 Å². The molecule has 2 aliphatic heterocycles. The molecule has 0 radical (unpaired) electrons. The summed E-state index contributed by atoms with van der Waals surface area (Å²) < 4.78 is 36.6. The van der Waals surface area contributed by atoms with Crippen molar-refractivity contribution in [1.82, 2.24) is 5.32 Å². The van der Waals surface area contributed by atoms with Crippen LogP contribution in [0, 0.1) is 5.92 Å². The van der Waals surface area contributed by atoms with E-state index in [0.29, 0.717) is 43.2 Å². The molecule has 2 unspecified atom stereocenters. The first-order valence-corrected chi connectivity index (χ1v) is 13.3. The van der Waals surface area contributed by atoms with Gasteiger partial charge in [-0.3, -0.25) is 4.55 Å². The minimum absolute atomic E-state index is 0.249. The van der Waals surface area contributed by atoms with Crippen molar-refractivity contribution in [3.05, 3.63) is 53.6 Å². The molecule has 35 heavy (non-hydrogen) atoms. The van der Waals surface area contributed by atoms with Crippen LogP contribution in [0.15, 0.2) is 47.4 Å². The van der Waals surface area contributed by atoms with E-state index in [1.54, 1.807) is 6.07 Å². The van der Waals surface area contributed by atoms with Crippen molar-refractivity contribution in [3.8, 4) is 0 Å². The summed E-state index contributed by atoms with van der Waals surface area (Å²) in [4.78, 5) is 12.7. The lowest BCUT2D eigenvalue weighted by molar-refractivity contribution is 0.137. The van der Waals surface area contributed by atoms with Gasteiger partial charge in [-0.2, -0.15) is 8.42 Å². The zero-order valence-corrected chi connectivity index (χ0v) is 21.2. The van der Waals surface area contributed by atoms with Gasteiger partial charge in [0, 0.05) is 30.0 Å². The van der Waals surface area contributed by atoms with Crippen LogP contribution < -0.4 is 15.5 Å². The molecule has 4 rings (SSSR count). The number of nitrogens with one attached hydrogen (secondary N) is 2. The smallest absolute Gasteiger partial charge is 0.407 e. The lowest BCUT2D eigenvalue weighted by Crippen LogP contribution is -2.38. The largest absolute Gasteiger partial charge is 0.442 e. The Balaban J connectivity index is 0.000000225. The maximum atomic E-state index is 11.2. The van der Waals surface area contributed by atoms with E-state index in [0.717, 1.165) is 13.0 Å². The molecule has 0 aromatic heterocycles. The van der Waals surface area contributed by atoms with Crippen molar-refractivity contribution in [2.45, 2.75) is 50.7 Å². The van der Waals surface area contributed by atoms with Crippen molar-refractivity contribution in [2.24, 2.45) is 5.92 Å². The monoisotopic (exact) mass is 505 g/mol. The molecule has 10 heteroatoms. The van der Waals surface area contributed by atoms with Gasteiger partial charge in [-0.25, -0.2) is 4.79 Å². The van der Waals surface area contributed by atoms with Gasteiger partial charge in [0.2, 0.25) is 0 Å². The number of aliphatic hydroxyl groups is 1. The van der Waals surface area contributed by atoms with Crippen LogP contribution in [0.5, 0.6) is 0 Å². The number of cyclic esters (lactones) is 1. The number of anilines is 2. The first-order valence-electron chi connectivity index (χ1n) is 11.9. The molecule has 0 spiro atoms. The molecule has 1 amide bonds. The summed E-state index contributed by atoms with van der Waals surface area (Å²) in [5.41, 5.74) is 3.74. The quantitative estimate of drug-likeness (QED) is 0.420. The number of carbonyl (C=O) groups is 1. The second-order valence-electron chi connectivity index (χ2n) is 9.18. The van der Waals surface area contributed by atoms with Crippen molar-refractivity contribution < 1.29 is 27.6 Å². The molecule has 2 heterocycles. The van der Waals surface area contributed by atoms with E-state index >= 15 is 0 Å². The van der Waals surface area contributed by atoms with Crippen LogP contribution in [0.25, 0.3) is 0 Å². The molecule has 9 nitrogen and oxygen atoms in total. The molecular formula is C25H35N3O6S. The van der Waals surface area contributed by atoms with Gasteiger partial charge in [0.15, 0.2) is 0 Å². The van der Waals surface area contributed by atoms with Crippen LogP contribution >= 0.6 is 0 Å². The Kier molecular flexibility index (Phi) is 8.98. The molecule has 1 saturated heterocycles. The number of fused-ring (bicyclic) bond motifs is 1. The molecule has 192 valence electrons. The van der Waals surface area contributed by atoms with Gasteiger partial charge in [-0.15, -0.1) is 0 Å². The third-order valence-corrected chi connectivity index (χ3v) is 6.77. The zero-order valence-electron chi connectivity index (χ0n) is 20.4. The predicted molar refractivity (Wildman–Crippen MR) is 135 cm³/mol. The van der Waals surface area contributed by atoms with Gasteiger partial charge in [0.05, 0.1) is 24.1 Å². The number of ether oxygens (including phenoxy) is 1. The fraction of sp³-hybridized carbons (Fsp3) is 0.480. The summed E-state index contributed by atoms with van der Waals surface area (Å²) in [6, 6.07) is 12.8. The number of carbonyl (C=O) groups excluding carboxylic acids is 1. The Morgan fingerprint density at radius 3 is 2.49 bits per heavy atom.